The molecule has 0 radical (unpaired) electrons. The average molecular weight is 297 g/mol. The summed E-state index contributed by atoms with van der Waals surface area (Å²) < 4.78 is 27.6. The van der Waals surface area contributed by atoms with E-state index >= 15 is 0 Å². The molecule has 1 unspecified atom stereocenters. The molecule has 3 N–H and O–H groups in total. The number of nitrogens with two attached hydrogens (primary N) is 1. The highest BCUT2D eigenvalue weighted by atomic mass is 35.5. The summed E-state index contributed by atoms with van der Waals surface area (Å²) in [4.78, 5) is 0.247. The number of rotatable bonds is 5. The Morgan fingerprint density at radius 1 is 1.76 bits per heavy atom. The van der Waals surface area contributed by atoms with Gasteiger partial charge in [-0.15, -0.1) is 0 Å². The molecular formula is C8H13ClN4O2S2. The Bertz CT molecular complexity index is 506. The molecule has 0 aliphatic carbocycles. The summed E-state index contributed by atoms with van der Waals surface area (Å²) in [5.41, 5.74) is 5.34. The van der Waals surface area contributed by atoms with Crippen molar-refractivity contribution in [2.24, 2.45) is 12.8 Å². The monoisotopic (exact) mass is 296 g/mol. The van der Waals surface area contributed by atoms with Crippen molar-refractivity contribution in [2.75, 3.05) is 0 Å². The number of halogens is 1. The van der Waals surface area contributed by atoms with Gasteiger partial charge in [0.05, 0.1) is 16.2 Å². The van der Waals surface area contributed by atoms with Crippen LogP contribution >= 0.6 is 23.8 Å². The van der Waals surface area contributed by atoms with E-state index in [1.54, 1.807) is 6.92 Å². The van der Waals surface area contributed by atoms with Gasteiger partial charge < -0.3 is 5.73 Å². The molecule has 96 valence electrons. The zero-order chi connectivity index (χ0) is 13.2. The van der Waals surface area contributed by atoms with Gasteiger partial charge in [0, 0.05) is 19.5 Å². The molecule has 1 rings (SSSR count). The van der Waals surface area contributed by atoms with E-state index in [0.717, 1.165) is 0 Å². The molecule has 9 heteroatoms. The SMILES string of the molecule is CC(CC(N)=S)NS(=O)(=O)c1c(Cl)cnn1C. The van der Waals surface area contributed by atoms with Gasteiger partial charge in [-0.3, -0.25) is 4.68 Å². The van der Waals surface area contributed by atoms with E-state index in [-0.39, 0.29) is 21.5 Å². The first-order valence-corrected chi connectivity index (χ1v) is 6.99. The van der Waals surface area contributed by atoms with E-state index in [4.69, 9.17) is 29.6 Å². The fourth-order valence-corrected chi connectivity index (χ4v) is 3.52. The van der Waals surface area contributed by atoms with Crippen LogP contribution in [0, 0.1) is 0 Å². The lowest BCUT2D eigenvalue weighted by Crippen LogP contribution is -2.36. The molecule has 17 heavy (non-hydrogen) atoms. The van der Waals surface area contributed by atoms with Gasteiger partial charge in [0.2, 0.25) is 0 Å². The van der Waals surface area contributed by atoms with Crippen LogP contribution in [0.4, 0.5) is 0 Å². The van der Waals surface area contributed by atoms with Crippen LogP contribution in [0.5, 0.6) is 0 Å². The van der Waals surface area contributed by atoms with Crippen LogP contribution in [0.2, 0.25) is 5.02 Å². The van der Waals surface area contributed by atoms with Gasteiger partial charge in [-0.2, -0.15) is 5.10 Å². The predicted molar refractivity (Wildman–Crippen MR) is 69.4 cm³/mol. The molecule has 0 aromatic carbocycles. The lowest BCUT2D eigenvalue weighted by Gasteiger charge is -2.13. The van der Waals surface area contributed by atoms with E-state index in [9.17, 15) is 8.42 Å². The van der Waals surface area contributed by atoms with Crippen molar-refractivity contribution < 1.29 is 8.42 Å². The number of nitrogens with one attached hydrogen (secondary N) is 1. The molecule has 0 aliphatic rings. The van der Waals surface area contributed by atoms with Gasteiger partial charge in [0.1, 0.15) is 0 Å². The van der Waals surface area contributed by atoms with Crippen LogP contribution in [0.25, 0.3) is 0 Å². The van der Waals surface area contributed by atoms with Gasteiger partial charge in [-0.25, -0.2) is 13.1 Å². The number of hydrogen-bond acceptors (Lipinski definition) is 4. The Morgan fingerprint density at radius 2 is 2.35 bits per heavy atom. The minimum Gasteiger partial charge on any atom is -0.393 e. The zero-order valence-corrected chi connectivity index (χ0v) is 11.7. The molecule has 0 bridgehead atoms. The van der Waals surface area contributed by atoms with Crippen LogP contribution in [0.3, 0.4) is 0 Å². The normalized spacial score (nSPS) is 13.6. The molecule has 1 heterocycles. The highest BCUT2D eigenvalue weighted by Crippen LogP contribution is 2.19. The maximum absolute atomic E-state index is 12.0. The molecule has 0 spiro atoms. The summed E-state index contributed by atoms with van der Waals surface area (Å²) in [6, 6.07) is -0.400. The van der Waals surface area contributed by atoms with Crippen LogP contribution in [-0.2, 0) is 17.1 Å². The van der Waals surface area contributed by atoms with Crippen LogP contribution in [0.1, 0.15) is 13.3 Å². The van der Waals surface area contributed by atoms with Crippen molar-refractivity contribution in [1.82, 2.24) is 14.5 Å². The summed E-state index contributed by atoms with van der Waals surface area (Å²) in [6.45, 7) is 1.67. The summed E-state index contributed by atoms with van der Waals surface area (Å²) in [5.74, 6) is 0. The molecule has 1 aromatic rings. The third-order valence-corrected chi connectivity index (χ3v) is 4.22. The van der Waals surface area contributed by atoms with E-state index in [1.165, 1.54) is 17.9 Å². The third kappa shape index (κ3) is 3.63. The first kappa shape index (κ1) is 14.4. The number of hydrogen-bond donors (Lipinski definition) is 2. The fourth-order valence-electron chi connectivity index (χ4n) is 1.37. The molecule has 0 saturated carbocycles. The first-order valence-electron chi connectivity index (χ1n) is 4.72. The Hall–Kier alpha value is -0.700. The van der Waals surface area contributed by atoms with Gasteiger partial charge in [-0.1, -0.05) is 23.8 Å². The summed E-state index contributed by atoms with van der Waals surface area (Å²) >= 11 is 10.5. The zero-order valence-electron chi connectivity index (χ0n) is 9.34. The van der Waals surface area contributed by atoms with E-state index in [2.05, 4.69) is 9.82 Å². The van der Waals surface area contributed by atoms with E-state index in [1.807, 2.05) is 0 Å². The standard InChI is InChI=1S/C8H13ClN4O2S2/c1-5(3-7(10)16)12-17(14,15)8-6(9)4-11-13(8)2/h4-5,12H,3H2,1-2H3,(H2,10,16). The summed E-state index contributed by atoms with van der Waals surface area (Å²) in [7, 11) is -2.22. The molecule has 0 amide bonds. The molecule has 0 saturated heterocycles. The Kier molecular flexibility index (Phi) is 4.48. The van der Waals surface area contributed by atoms with Crippen molar-refractivity contribution in [2.45, 2.75) is 24.4 Å². The van der Waals surface area contributed by atoms with Crippen molar-refractivity contribution >= 4 is 38.8 Å². The van der Waals surface area contributed by atoms with Crippen molar-refractivity contribution in [3.05, 3.63) is 11.2 Å². The quantitative estimate of drug-likeness (QED) is 0.769. The maximum atomic E-state index is 12.0. The molecule has 1 aromatic heterocycles. The number of nitrogens with zero attached hydrogens (tertiary/aromatic N) is 2. The second-order valence-electron chi connectivity index (χ2n) is 3.61. The van der Waals surface area contributed by atoms with Crippen LogP contribution in [-0.4, -0.2) is 29.2 Å². The molecule has 0 aliphatic heterocycles. The smallest absolute Gasteiger partial charge is 0.259 e. The Labute approximate surface area is 110 Å². The first-order chi connectivity index (χ1) is 7.74. The average Bonchev–Trinajstić information content (AvgIpc) is 2.43. The van der Waals surface area contributed by atoms with Gasteiger partial charge in [-0.05, 0) is 6.92 Å². The summed E-state index contributed by atoms with van der Waals surface area (Å²) in [6.07, 6.45) is 1.55. The highest BCUT2D eigenvalue weighted by Gasteiger charge is 2.24. The predicted octanol–water partition coefficient (Wildman–Crippen LogP) is 0.416. The molecule has 6 nitrogen and oxygen atoms in total. The molecule has 1 atom stereocenters. The summed E-state index contributed by atoms with van der Waals surface area (Å²) in [5, 5.41) is 3.76. The third-order valence-electron chi connectivity index (χ3n) is 1.96. The van der Waals surface area contributed by atoms with Crippen molar-refractivity contribution in [3.8, 4) is 0 Å². The Morgan fingerprint density at radius 3 is 2.76 bits per heavy atom. The highest BCUT2D eigenvalue weighted by molar-refractivity contribution is 7.89. The second kappa shape index (κ2) is 5.30. The topological polar surface area (TPSA) is 90.0 Å². The largest absolute Gasteiger partial charge is 0.393 e. The molecular weight excluding hydrogens is 284 g/mol. The Balaban J connectivity index is 2.94. The fraction of sp³-hybridized carbons (Fsp3) is 0.500. The van der Waals surface area contributed by atoms with Gasteiger partial charge in [0.25, 0.3) is 10.0 Å². The van der Waals surface area contributed by atoms with Crippen LogP contribution in [0.15, 0.2) is 11.2 Å². The van der Waals surface area contributed by atoms with Gasteiger partial charge in [0.15, 0.2) is 5.03 Å². The van der Waals surface area contributed by atoms with Gasteiger partial charge >= 0.3 is 0 Å². The number of aromatic nitrogens is 2. The van der Waals surface area contributed by atoms with Crippen molar-refractivity contribution in [1.29, 1.82) is 0 Å². The van der Waals surface area contributed by atoms with Crippen LogP contribution < -0.4 is 10.5 Å². The number of sulfonamides is 1. The van der Waals surface area contributed by atoms with E-state index < -0.39 is 16.1 Å². The van der Waals surface area contributed by atoms with Crippen molar-refractivity contribution in [3.63, 3.8) is 0 Å². The maximum Gasteiger partial charge on any atom is 0.259 e. The van der Waals surface area contributed by atoms with E-state index in [0.29, 0.717) is 0 Å². The number of aryl methyl sites for hydroxylation is 1. The minimum atomic E-state index is -3.72. The lowest BCUT2D eigenvalue weighted by molar-refractivity contribution is 0.548. The molecule has 0 fully saturated rings. The lowest BCUT2D eigenvalue weighted by atomic mass is 10.3. The minimum absolute atomic E-state index is 0.0718. The second-order valence-corrected chi connectivity index (χ2v) is 6.17. The number of thiocarbonyl (C=S) groups is 1.